The maximum atomic E-state index is 15.5. The minimum atomic E-state index is -5.22. The summed E-state index contributed by atoms with van der Waals surface area (Å²) >= 11 is 7.08. The average Bonchev–Trinajstić information content (AvgIpc) is 4.00. The molecule has 4 amide bonds. The van der Waals surface area contributed by atoms with E-state index in [1.165, 1.54) is 46.5 Å². The molecule has 2 fully saturated rings. The van der Waals surface area contributed by atoms with Crippen molar-refractivity contribution >= 4 is 63.7 Å². The minimum absolute atomic E-state index is 0.0455. The monoisotopic (exact) mass is 1040 g/mol. The molecule has 0 saturated carbocycles. The first-order chi connectivity index (χ1) is 34.4. The fourth-order valence-electron chi connectivity index (χ4n) is 8.73. The van der Waals surface area contributed by atoms with E-state index in [0.717, 1.165) is 33.8 Å². The molecule has 5 aromatic rings. The number of hydrogen-bond donors (Lipinski definition) is 3. The zero-order valence-electron chi connectivity index (χ0n) is 40.8. The summed E-state index contributed by atoms with van der Waals surface area (Å²) in [5, 5.41) is 25.1. The van der Waals surface area contributed by atoms with Gasteiger partial charge in [-0.05, 0) is 92.7 Å². The molecule has 3 atom stereocenters. The van der Waals surface area contributed by atoms with Crippen molar-refractivity contribution in [2.75, 3.05) is 29.6 Å². The first-order valence-corrected chi connectivity index (χ1v) is 24.5. The van der Waals surface area contributed by atoms with Crippen molar-refractivity contribution in [3.63, 3.8) is 0 Å². The van der Waals surface area contributed by atoms with Crippen LogP contribution in [0.4, 0.5) is 28.9 Å². The van der Waals surface area contributed by atoms with E-state index in [1.54, 1.807) is 62.0 Å². The summed E-state index contributed by atoms with van der Waals surface area (Å²) in [7, 11) is 0. The summed E-state index contributed by atoms with van der Waals surface area (Å²) in [5.41, 5.74) is -0.201. The SMILES string of the molecule is Cc1ncsc1-c1ccc(CNC(=O)[C@@H]2C[C@@H](O)CN2C(=O)[C@@H](NC(=O)COCCCCn2cc(-c3ccc(N4C(=S)N(c5ccc(C#N)c(C(F)(F)F)c5F)C(=O)C4(C)C)cn3)ccc2=O)C(C)(C)C)cc1. The van der Waals surface area contributed by atoms with Crippen LogP contribution in [0, 0.1) is 29.5 Å². The topological polar surface area (TPSA) is 203 Å². The molecule has 0 spiro atoms. The number of aromatic nitrogens is 3. The summed E-state index contributed by atoms with van der Waals surface area (Å²) in [6, 6.07) is 14.9. The second-order valence-electron chi connectivity index (χ2n) is 19.3. The molecular formula is C51H53F4N9O7S2. The van der Waals surface area contributed by atoms with Crippen LogP contribution in [0.1, 0.15) is 76.3 Å². The van der Waals surface area contributed by atoms with Gasteiger partial charge in [-0.1, -0.05) is 45.0 Å². The second-order valence-corrected chi connectivity index (χ2v) is 20.5. The molecule has 0 aliphatic carbocycles. The molecule has 0 bridgehead atoms. The van der Waals surface area contributed by atoms with Crippen LogP contribution in [0.3, 0.4) is 0 Å². The van der Waals surface area contributed by atoms with E-state index in [1.807, 2.05) is 31.2 Å². The molecule has 3 aromatic heterocycles. The molecular weight excluding hydrogens is 991 g/mol. The highest BCUT2D eigenvalue weighted by Gasteiger charge is 2.52. The minimum Gasteiger partial charge on any atom is -0.391 e. The van der Waals surface area contributed by atoms with Crippen LogP contribution >= 0.6 is 23.6 Å². The number of nitriles is 1. The number of unbranched alkanes of at least 4 members (excludes halogenated alkanes) is 1. The number of amides is 4. The molecule has 5 heterocycles. The Hall–Kier alpha value is -6.93. The number of β-amino-alcohol motifs (C(OH)–C–C–N with tert-alkyl or cyclic N) is 1. The summed E-state index contributed by atoms with van der Waals surface area (Å²) in [5.74, 6) is -4.09. The van der Waals surface area contributed by atoms with Crippen LogP contribution in [-0.2, 0) is 43.2 Å². The molecule has 2 aromatic carbocycles. The van der Waals surface area contributed by atoms with E-state index >= 15 is 4.39 Å². The van der Waals surface area contributed by atoms with Gasteiger partial charge in [-0.15, -0.1) is 11.3 Å². The van der Waals surface area contributed by atoms with Crippen LogP contribution in [-0.4, -0.2) is 96.8 Å². The molecule has 2 aliphatic heterocycles. The summed E-state index contributed by atoms with van der Waals surface area (Å²) < 4.78 is 64.1. The molecule has 0 unspecified atom stereocenters. The Balaban J connectivity index is 0.901. The quantitative estimate of drug-likeness (QED) is 0.0525. The number of aliphatic hydroxyl groups excluding tert-OH is 1. The summed E-state index contributed by atoms with van der Waals surface area (Å²) in [4.78, 5) is 80.4. The molecule has 384 valence electrons. The van der Waals surface area contributed by atoms with Gasteiger partial charge in [0, 0.05) is 50.5 Å². The highest BCUT2D eigenvalue weighted by atomic mass is 32.1. The second kappa shape index (κ2) is 21.7. The lowest BCUT2D eigenvalue weighted by molar-refractivity contribution is -0.144. The number of benzene rings is 2. The van der Waals surface area contributed by atoms with Crippen LogP contribution in [0.15, 0.2) is 83.4 Å². The van der Waals surface area contributed by atoms with Crippen LogP contribution in [0.2, 0.25) is 0 Å². The number of ether oxygens (including phenoxy) is 1. The normalized spacial score (nSPS) is 17.2. The van der Waals surface area contributed by atoms with Gasteiger partial charge in [-0.25, -0.2) is 9.37 Å². The Kier molecular flexibility index (Phi) is 16.0. The van der Waals surface area contributed by atoms with Crippen molar-refractivity contribution in [3.05, 3.63) is 117 Å². The molecule has 2 aliphatic rings. The Morgan fingerprint density at radius 2 is 1.73 bits per heavy atom. The molecule has 3 N–H and O–H groups in total. The van der Waals surface area contributed by atoms with E-state index in [4.69, 9.17) is 17.0 Å². The highest BCUT2D eigenvalue weighted by molar-refractivity contribution is 7.81. The van der Waals surface area contributed by atoms with E-state index in [0.29, 0.717) is 29.0 Å². The average molecular weight is 1040 g/mol. The Morgan fingerprint density at radius 1 is 1.01 bits per heavy atom. The number of halogens is 4. The van der Waals surface area contributed by atoms with Gasteiger partial charge in [0.2, 0.25) is 17.7 Å². The largest absolute Gasteiger partial charge is 0.420 e. The van der Waals surface area contributed by atoms with Crippen LogP contribution in [0.25, 0.3) is 21.7 Å². The Bertz CT molecular complexity index is 3020. The number of thiocarbonyl (C=S) groups is 1. The third-order valence-electron chi connectivity index (χ3n) is 12.6. The molecule has 73 heavy (non-hydrogen) atoms. The van der Waals surface area contributed by atoms with Gasteiger partial charge in [0.05, 0.1) is 57.1 Å². The number of thiazole rings is 1. The van der Waals surface area contributed by atoms with Gasteiger partial charge in [0.15, 0.2) is 10.9 Å². The Morgan fingerprint density at radius 3 is 2.36 bits per heavy atom. The number of likely N-dealkylation sites (tertiary alicyclic amines) is 1. The summed E-state index contributed by atoms with van der Waals surface area (Å²) in [6.07, 6.45) is -2.16. The maximum Gasteiger partial charge on any atom is 0.420 e. The highest BCUT2D eigenvalue weighted by Crippen LogP contribution is 2.42. The standard InChI is InChI=1S/C51H53F4N9O7S2/c1-29-43(73-28-59-29)31-11-9-30(10-12-31)23-58-45(68)38-21-35(65)26-62(38)46(69)44(49(2,3)4)60-39(66)27-71-20-8-7-19-61-25-33(14-18-40(61)67)36-16-15-34(24-57-36)64-48(72)63(47(70)50(64,5)6)37-17-13-32(22-56)41(42(37)52)51(53,54)55/h9-18,24-25,28,35,38,44,65H,7-8,19-21,23,26-27H2,1-6H3,(H,58,68)(H,60,66)/t35-,38+,44-/m1/s1. The number of aliphatic hydroxyl groups is 1. The van der Waals surface area contributed by atoms with Gasteiger partial charge < -0.3 is 34.8 Å². The number of nitrogens with one attached hydrogen (secondary N) is 2. The van der Waals surface area contributed by atoms with E-state index in [2.05, 4.69) is 20.6 Å². The van der Waals surface area contributed by atoms with Gasteiger partial charge >= 0.3 is 6.18 Å². The number of rotatable bonds is 16. The van der Waals surface area contributed by atoms with E-state index in [9.17, 15) is 47.5 Å². The molecule has 0 radical (unpaired) electrons. The van der Waals surface area contributed by atoms with E-state index in [-0.39, 0.29) is 55.6 Å². The van der Waals surface area contributed by atoms with Gasteiger partial charge in [0.25, 0.3) is 11.5 Å². The third kappa shape index (κ3) is 11.6. The molecule has 2 saturated heterocycles. The first kappa shape index (κ1) is 53.9. The number of pyridine rings is 2. The lowest BCUT2D eigenvalue weighted by Crippen LogP contribution is -2.58. The van der Waals surface area contributed by atoms with E-state index < -0.39 is 81.6 Å². The summed E-state index contributed by atoms with van der Waals surface area (Å²) in [6.45, 7) is 10.5. The van der Waals surface area contributed by atoms with Gasteiger partial charge in [0.1, 0.15) is 29.8 Å². The zero-order chi connectivity index (χ0) is 53.2. The number of aryl methyl sites for hydroxylation is 2. The number of carbonyl (C=O) groups is 4. The Labute approximate surface area is 427 Å². The fourth-order valence-corrected chi connectivity index (χ4v) is 10.1. The lowest BCUT2D eigenvalue weighted by Gasteiger charge is -2.35. The zero-order valence-corrected chi connectivity index (χ0v) is 42.4. The third-order valence-corrected chi connectivity index (χ3v) is 13.9. The number of anilines is 2. The van der Waals surface area contributed by atoms with Crippen molar-refractivity contribution < 1.29 is 46.6 Å². The predicted octanol–water partition coefficient (Wildman–Crippen LogP) is 6.89. The van der Waals surface area contributed by atoms with Crippen molar-refractivity contribution in [2.24, 2.45) is 5.41 Å². The predicted molar refractivity (Wildman–Crippen MR) is 268 cm³/mol. The lowest BCUT2D eigenvalue weighted by atomic mass is 9.85. The van der Waals surface area contributed by atoms with Crippen molar-refractivity contribution in [1.29, 1.82) is 5.26 Å². The molecule has 16 nitrogen and oxygen atoms in total. The smallest absolute Gasteiger partial charge is 0.391 e. The van der Waals surface area contributed by atoms with Crippen molar-refractivity contribution in [1.82, 2.24) is 30.1 Å². The van der Waals surface area contributed by atoms with Crippen LogP contribution in [0.5, 0.6) is 0 Å². The number of nitrogens with zero attached hydrogens (tertiary/aromatic N) is 7. The fraction of sp³-hybridized carbons (Fsp3) is 0.392. The van der Waals surface area contributed by atoms with Gasteiger partial charge in [-0.3, -0.25) is 33.9 Å². The van der Waals surface area contributed by atoms with Crippen molar-refractivity contribution in [3.8, 4) is 27.8 Å². The first-order valence-electron chi connectivity index (χ1n) is 23.2. The number of carbonyl (C=O) groups excluding carboxylic acids is 4. The van der Waals surface area contributed by atoms with Crippen LogP contribution < -0.4 is 26.0 Å². The maximum absolute atomic E-state index is 15.5. The van der Waals surface area contributed by atoms with Gasteiger partial charge in [-0.2, -0.15) is 18.4 Å². The molecule has 7 rings (SSSR count). The molecule has 22 heteroatoms. The number of alkyl halides is 3. The number of hydrogen-bond acceptors (Lipinski definition) is 12. The van der Waals surface area contributed by atoms with Crippen molar-refractivity contribution in [2.45, 2.75) is 104 Å².